The van der Waals surface area contributed by atoms with Crippen molar-refractivity contribution in [2.75, 3.05) is 13.2 Å². The summed E-state index contributed by atoms with van der Waals surface area (Å²) in [4.78, 5) is 23.3. The lowest BCUT2D eigenvalue weighted by atomic mass is 9.92. The number of amides is 1. The van der Waals surface area contributed by atoms with Gasteiger partial charge in [-0.2, -0.15) is 0 Å². The molecule has 3 aliphatic heterocycles. The molecule has 0 radical (unpaired) electrons. The summed E-state index contributed by atoms with van der Waals surface area (Å²) in [5, 5.41) is 84.0. The van der Waals surface area contributed by atoms with E-state index in [0.29, 0.717) is 12.8 Å². The summed E-state index contributed by atoms with van der Waals surface area (Å²) in [5.41, 5.74) is 0. The second-order valence-electron chi connectivity index (χ2n) is 12.5. The number of unbranched alkanes of at least 4 members (excludes halogenated alkanes) is 7. The molecule has 3 saturated heterocycles. The topological polar surface area (TPSA) is 254 Å². The van der Waals surface area contributed by atoms with Gasteiger partial charge in [-0.1, -0.05) is 38.5 Å². The normalized spacial score (nSPS) is 40.0. The van der Waals surface area contributed by atoms with Crippen LogP contribution in [-0.4, -0.2) is 152 Å². The van der Waals surface area contributed by atoms with Gasteiger partial charge in [-0.15, -0.1) is 0 Å². The number of carboxylic acids is 1. The Balaban J connectivity index is 1.47. The highest BCUT2D eigenvalue weighted by molar-refractivity contribution is 5.76. The number of carboxylic acid groups (broad SMARTS) is 1. The van der Waals surface area contributed by atoms with Crippen molar-refractivity contribution in [1.82, 2.24) is 5.32 Å². The summed E-state index contributed by atoms with van der Waals surface area (Å²) in [7, 11) is 0. The Morgan fingerprint density at radius 1 is 0.696 bits per heavy atom. The van der Waals surface area contributed by atoms with Gasteiger partial charge in [0.15, 0.2) is 12.6 Å². The molecule has 0 saturated carbocycles. The molecule has 3 fully saturated rings. The van der Waals surface area contributed by atoms with Gasteiger partial charge in [-0.3, -0.25) is 9.59 Å². The molecule has 3 heterocycles. The molecular formula is C30H53NO15. The van der Waals surface area contributed by atoms with E-state index in [0.717, 1.165) is 38.5 Å². The number of hydrogen-bond acceptors (Lipinski definition) is 14. The molecule has 14 atom stereocenters. The number of rotatable bonds is 17. The molecule has 0 aromatic carbocycles. The fourth-order valence-electron chi connectivity index (χ4n) is 6.06. The van der Waals surface area contributed by atoms with Gasteiger partial charge in [-0.05, 0) is 26.7 Å². The highest BCUT2D eigenvalue weighted by atomic mass is 16.7. The lowest BCUT2D eigenvalue weighted by Crippen LogP contribution is -2.67. The average molecular weight is 668 g/mol. The van der Waals surface area contributed by atoms with E-state index in [1.807, 2.05) is 0 Å². The van der Waals surface area contributed by atoms with E-state index in [9.17, 15) is 45.3 Å². The maximum absolute atomic E-state index is 12.7. The van der Waals surface area contributed by atoms with Gasteiger partial charge in [0.1, 0.15) is 54.9 Å². The predicted molar refractivity (Wildman–Crippen MR) is 157 cm³/mol. The minimum atomic E-state index is -1.69. The van der Waals surface area contributed by atoms with E-state index in [1.165, 1.54) is 6.92 Å². The zero-order valence-corrected chi connectivity index (χ0v) is 26.5. The number of ether oxygens (including phenoxy) is 5. The van der Waals surface area contributed by atoms with Crippen molar-refractivity contribution in [3.8, 4) is 0 Å². The van der Waals surface area contributed by atoms with Gasteiger partial charge in [0, 0.05) is 12.8 Å². The molecule has 16 heteroatoms. The van der Waals surface area contributed by atoms with Crippen LogP contribution >= 0.6 is 0 Å². The molecule has 0 bridgehead atoms. The molecule has 16 nitrogen and oxygen atoms in total. The van der Waals surface area contributed by atoms with E-state index < -0.39 is 98.3 Å². The summed E-state index contributed by atoms with van der Waals surface area (Å²) in [6.45, 7) is 2.30. The van der Waals surface area contributed by atoms with Crippen LogP contribution in [0.25, 0.3) is 0 Å². The molecule has 9 N–H and O–H groups in total. The van der Waals surface area contributed by atoms with Crippen LogP contribution in [0.2, 0.25) is 0 Å². The third kappa shape index (κ3) is 10.7. The van der Waals surface area contributed by atoms with Crippen LogP contribution in [0.1, 0.15) is 78.1 Å². The van der Waals surface area contributed by atoms with Crippen LogP contribution in [0.4, 0.5) is 0 Å². The van der Waals surface area contributed by atoms with Crippen LogP contribution in [-0.2, 0) is 33.3 Å². The lowest BCUT2D eigenvalue weighted by molar-refractivity contribution is -0.358. The van der Waals surface area contributed by atoms with E-state index in [-0.39, 0.29) is 25.4 Å². The Hall–Kier alpha value is -1.54. The fraction of sp³-hybridized carbons (Fsp3) is 0.933. The average Bonchev–Trinajstić information content (AvgIpc) is 3.01. The SMILES string of the molecule is C[C@@H]1O[C@H](CO)C(NC(=O)CCCCCCCCCCC(=O)O)C(O)C1O[C@@H]1O[C@H](C)C(O[C@@H]2OC[C@@H](O)C(O)C2O)C(O)C1O. The Kier molecular flexibility index (Phi) is 15.9. The van der Waals surface area contributed by atoms with Crippen LogP contribution in [0, 0.1) is 0 Å². The minimum Gasteiger partial charge on any atom is -0.481 e. The van der Waals surface area contributed by atoms with Crippen LogP contribution < -0.4 is 5.32 Å². The fourth-order valence-corrected chi connectivity index (χ4v) is 6.06. The largest absolute Gasteiger partial charge is 0.481 e. The van der Waals surface area contributed by atoms with Crippen molar-refractivity contribution < 1.29 is 74.1 Å². The van der Waals surface area contributed by atoms with Gasteiger partial charge < -0.3 is 69.9 Å². The summed E-state index contributed by atoms with van der Waals surface area (Å²) in [5.74, 6) is -1.12. The lowest BCUT2D eigenvalue weighted by Gasteiger charge is -2.48. The van der Waals surface area contributed by atoms with E-state index >= 15 is 0 Å². The summed E-state index contributed by atoms with van der Waals surface area (Å²) in [6, 6.07) is -1.03. The van der Waals surface area contributed by atoms with Crippen LogP contribution in [0.15, 0.2) is 0 Å². The minimum absolute atomic E-state index is 0.191. The third-order valence-electron chi connectivity index (χ3n) is 8.82. The first-order valence-corrected chi connectivity index (χ1v) is 16.3. The van der Waals surface area contributed by atoms with Gasteiger partial charge in [-0.25, -0.2) is 0 Å². The first-order valence-electron chi connectivity index (χ1n) is 16.3. The Morgan fingerprint density at radius 3 is 1.83 bits per heavy atom. The number of hydrogen-bond donors (Lipinski definition) is 9. The first-order chi connectivity index (χ1) is 21.8. The maximum Gasteiger partial charge on any atom is 0.303 e. The number of aliphatic hydroxyl groups is 7. The Morgan fingerprint density at radius 2 is 1.22 bits per heavy atom. The molecule has 8 unspecified atom stereocenters. The highest BCUT2D eigenvalue weighted by Crippen LogP contribution is 2.31. The van der Waals surface area contributed by atoms with Crippen molar-refractivity contribution >= 4 is 11.9 Å². The highest BCUT2D eigenvalue weighted by Gasteiger charge is 2.51. The third-order valence-corrected chi connectivity index (χ3v) is 8.82. The molecule has 3 rings (SSSR count). The summed E-state index contributed by atoms with van der Waals surface area (Å²) in [6.07, 6.45) is -9.74. The number of carbonyl (C=O) groups excluding carboxylic acids is 1. The second kappa shape index (κ2) is 18.9. The van der Waals surface area contributed by atoms with Crippen LogP contribution in [0.5, 0.6) is 0 Å². The number of carbonyl (C=O) groups is 2. The number of aliphatic carboxylic acids is 1. The van der Waals surface area contributed by atoms with Crippen molar-refractivity contribution in [3.05, 3.63) is 0 Å². The molecule has 46 heavy (non-hydrogen) atoms. The predicted octanol–water partition coefficient (Wildman–Crippen LogP) is -1.73. The second-order valence-corrected chi connectivity index (χ2v) is 12.5. The van der Waals surface area contributed by atoms with Crippen molar-refractivity contribution in [2.24, 2.45) is 0 Å². The molecule has 1 amide bonds. The van der Waals surface area contributed by atoms with Crippen LogP contribution in [0.3, 0.4) is 0 Å². The first kappa shape index (κ1) is 38.9. The number of aliphatic hydroxyl groups excluding tert-OH is 7. The maximum atomic E-state index is 12.7. The molecule has 0 aromatic rings. The molecule has 0 spiro atoms. The summed E-state index contributed by atoms with van der Waals surface area (Å²) >= 11 is 0. The monoisotopic (exact) mass is 667 g/mol. The molecule has 3 aliphatic rings. The number of nitrogens with one attached hydrogen (secondary N) is 1. The zero-order valence-electron chi connectivity index (χ0n) is 26.5. The van der Waals surface area contributed by atoms with Gasteiger partial charge in [0.2, 0.25) is 5.91 Å². The van der Waals surface area contributed by atoms with Gasteiger partial charge in [0.05, 0.1) is 31.5 Å². The molecular weight excluding hydrogens is 614 g/mol. The van der Waals surface area contributed by atoms with Crippen molar-refractivity contribution in [3.63, 3.8) is 0 Å². The molecule has 268 valence electrons. The van der Waals surface area contributed by atoms with E-state index in [4.69, 9.17) is 28.8 Å². The quantitative estimate of drug-likeness (QED) is 0.0782. The van der Waals surface area contributed by atoms with Gasteiger partial charge in [0.25, 0.3) is 0 Å². The Labute approximate surface area is 268 Å². The Bertz CT molecular complexity index is 929. The van der Waals surface area contributed by atoms with E-state index in [2.05, 4.69) is 5.32 Å². The van der Waals surface area contributed by atoms with Gasteiger partial charge >= 0.3 is 5.97 Å². The summed E-state index contributed by atoms with van der Waals surface area (Å²) < 4.78 is 28.3. The smallest absolute Gasteiger partial charge is 0.303 e. The zero-order chi connectivity index (χ0) is 34.0. The van der Waals surface area contributed by atoms with Crippen molar-refractivity contribution in [1.29, 1.82) is 0 Å². The van der Waals surface area contributed by atoms with E-state index in [1.54, 1.807) is 6.92 Å². The molecule has 0 aliphatic carbocycles. The van der Waals surface area contributed by atoms with Crippen molar-refractivity contribution in [2.45, 2.75) is 164 Å². The molecule has 0 aromatic heterocycles. The standard InChI is InChI=1S/C30H53NO15/c1-15-27(46-30-26(41)24(39)28(16(2)44-30)45-29-25(40)22(37)17(33)14-42-29)23(38)21(18(13-32)43-15)31-19(34)11-9-7-5-3-4-6-8-10-12-20(35)36/h15-18,21-30,32-33,37-41H,3-14H2,1-2H3,(H,31,34)(H,35,36)/t15-,16+,17+,18+,21?,22?,23?,24?,25?,26?,27?,28?,29-,30-/m0/s1.